The molecule has 0 aromatic heterocycles. The first-order valence-corrected chi connectivity index (χ1v) is 8.06. The predicted octanol–water partition coefficient (Wildman–Crippen LogP) is 1.46. The van der Waals surface area contributed by atoms with Crippen LogP contribution >= 0.6 is 0 Å². The first kappa shape index (κ1) is 18.0. The Balaban J connectivity index is 2.17. The van der Waals surface area contributed by atoms with Gasteiger partial charge in [0.15, 0.2) is 0 Å². The Morgan fingerprint density at radius 2 is 1.83 bits per heavy atom. The van der Waals surface area contributed by atoms with Crippen molar-refractivity contribution in [3.63, 3.8) is 0 Å². The predicted molar refractivity (Wildman–Crippen MR) is 92.3 cm³/mol. The summed E-state index contributed by atoms with van der Waals surface area (Å²) >= 11 is 0. The summed E-state index contributed by atoms with van der Waals surface area (Å²) in [5, 5.41) is 0. The Morgan fingerprint density at radius 1 is 1.25 bits per heavy atom. The zero-order valence-corrected chi connectivity index (χ0v) is 14.7. The largest absolute Gasteiger partial charge is 0.368 e. The number of nitrogens with zero attached hydrogens (tertiary/aromatic N) is 2. The van der Waals surface area contributed by atoms with Crippen LogP contribution in [0.2, 0.25) is 0 Å². The molecule has 2 rings (SSSR count). The number of carbonyl (C=O) groups excluding carboxylic acids is 3. The number of amides is 3. The molecule has 0 unspecified atom stereocenters. The lowest BCUT2D eigenvalue weighted by Gasteiger charge is -2.36. The average molecular weight is 331 g/mol. The van der Waals surface area contributed by atoms with Crippen LogP contribution in [-0.2, 0) is 14.4 Å². The molecule has 0 spiro atoms. The van der Waals surface area contributed by atoms with Crippen molar-refractivity contribution in [3.05, 3.63) is 29.8 Å². The van der Waals surface area contributed by atoms with Gasteiger partial charge < -0.3 is 15.5 Å². The van der Waals surface area contributed by atoms with E-state index in [4.69, 9.17) is 5.73 Å². The number of nitrogens with two attached hydrogens (primary N) is 1. The molecule has 1 heterocycles. The lowest BCUT2D eigenvalue weighted by atomic mass is 10.0. The highest BCUT2D eigenvalue weighted by Crippen LogP contribution is 2.28. The van der Waals surface area contributed by atoms with Crippen molar-refractivity contribution < 1.29 is 14.4 Å². The highest BCUT2D eigenvalue weighted by atomic mass is 16.2. The first-order chi connectivity index (χ1) is 11.1. The Labute approximate surface area is 142 Å². The van der Waals surface area contributed by atoms with Crippen LogP contribution in [0.1, 0.15) is 32.8 Å². The summed E-state index contributed by atoms with van der Waals surface area (Å²) in [4.78, 5) is 39.6. The van der Waals surface area contributed by atoms with E-state index in [1.807, 2.05) is 52.0 Å². The highest BCUT2D eigenvalue weighted by molar-refractivity contribution is 6.00. The summed E-state index contributed by atoms with van der Waals surface area (Å²) in [6.45, 7) is 7.71. The normalized spacial score (nSPS) is 17.9. The lowest BCUT2D eigenvalue weighted by Crippen LogP contribution is -2.52. The summed E-state index contributed by atoms with van der Waals surface area (Å²) in [5.41, 5.74) is 6.64. The monoisotopic (exact) mass is 331 g/mol. The maximum Gasteiger partial charge on any atom is 0.237 e. The Hall–Kier alpha value is -2.37. The molecule has 1 aliphatic rings. The van der Waals surface area contributed by atoms with E-state index in [2.05, 4.69) is 0 Å². The minimum atomic E-state index is -0.557. The third-order valence-corrected chi connectivity index (χ3v) is 4.21. The van der Waals surface area contributed by atoms with Crippen molar-refractivity contribution in [2.45, 2.75) is 39.7 Å². The number of anilines is 1. The van der Waals surface area contributed by atoms with Gasteiger partial charge in [0.2, 0.25) is 17.7 Å². The smallest absolute Gasteiger partial charge is 0.237 e. The minimum Gasteiger partial charge on any atom is -0.368 e. The van der Waals surface area contributed by atoms with Crippen molar-refractivity contribution in [1.82, 2.24) is 4.90 Å². The van der Waals surface area contributed by atoms with E-state index >= 15 is 0 Å². The molecule has 2 N–H and O–H groups in total. The van der Waals surface area contributed by atoms with Gasteiger partial charge >= 0.3 is 0 Å². The van der Waals surface area contributed by atoms with Gasteiger partial charge in [-0.15, -0.1) is 0 Å². The third kappa shape index (κ3) is 3.93. The molecule has 1 saturated heterocycles. The topological polar surface area (TPSA) is 83.7 Å². The molecule has 24 heavy (non-hydrogen) atoms. The number of carbonyl (C=O) groups is 3. The van der Waals surface area contributed by atoms with Crippen molar-refractivity contribution in [2.75, 3.05) is 18.0 Å². The maximum absolute atomic E-state index is 12.8. The Kier molecular flexibility index (Phi) is 4.96. The van der Waals surface area contributed by atoms with E-state index in [1.54, 1.807) is 4.90 Å². The number of aryl methyl sites for hydroxylation is 1. The summed E-state index contributed by atoms with van der Waals surface area (Å²) in [7, 11) is 0. The molecule has 1 aromatic rings. The van der Waals surface area contributed by atoms with Gasteiger partial charge in [-0.05, 0) is 39.8 Å². The molecular weight excluding hydrogens is 306 g/mol. The van der Waals surface area contributed by atoms with E-state index in [0.717, 1.165) is 11.3 Å². The van der Waals surface area contributed by atoms with Gasteiger partial charge in [0, 0.05) is 24.2 Å². The van der Waals surface area contributed by atoms with Crippen LogP contribution < -0.4 is 10.6 Å². The van der Waals surface area contributed by atoms with Gasteiger partial charge in [0.25, 0.3) is 0 Å². The van der Waals surface area contributed by atoms with Crippen LogP contribution in [0.25, 0.3) is 0 Å². The molecule has 3 amide bonds. The molecule has 1 atom stereocenters. The number of hydrogen-bond donors (Lipinski definition) is 1. The number of rotatable bonds is 4. The molecule has 1 aromatic carbocycles. The van der Waals surface area contributed by atoms with Gasteiger partial charge in [-0.1, -0.05) is 17.7 Å². The summed E-state index contributed by atoms with van der Waals surface area (Å²) in [6.07, 6.45) is 0.151. The second-order valence-electron chi connectivity index (χ2n) is 7.30. The fourth-order valence-corrected chi connectivity index (χ4v) is 2.87. The molecule has 6 heteroatoms. The van der Waals surface area contributed by atoms with Crippen LogP contribution in [0.4, 0.5) is 5.69 Å². The van der Waals surface area contributed by atoms with Gasteiger partial charge in [-0.2, -0.15) is 0 Å². The SMILES string of the molecule is Cc1ccc(N2C[C@@H](C(=O)N(CC(N)=O)C(C)(C)C)CC2=O)cc1. The highest BCUT2D eigenvalue weighted by Gasteiger charge is 2.40. The zero-order valence-electron chi connectivity index (χ0n) is 14.7. The standard InChI is InChI=1S/C18H25N3O3/c1-12-5-7-14(8-6-12)20-10-13(9-16(20)23)17(24)21(11-15(19)22)18(2,3)4/h5-8,13H,9-11H2,1-4H3,(H2,19,22)/t13-/m0/s1. The summed E-state index contributed by atoms with van der Waals surface area (Å²) < 4.78 is 0. The van der Waals surface area contributed by atoms with E-state index in [9.17, 15) is 14.4 Å². The van der Waals surface area contributed by atoms with E-state index in [0.29, 0.717) is 6.54 Å². The van der Waals surface area contributed by atoms with E-state index < -0.39 is 17.4 Å². The molecule has 6 nitrogen and oxygen atoms in total. The average Bonchev–Trinajstić information content (AvgIpc) is 2.85. The second-order valence-corrected chi connectivity index (χ2v) is 7.30. The zero-order chi connectivity index (χ0) is 18.1. The van der Waals surface area contributed by atoms with Crippen molar-refractivity contribution in [3.8, 4) is 0 Å². The van der Waals surface area contributed by atoms with Crippen molar-refractivity contribution >= 4 is 23.4 Å². The van der Waals surface area contributed by atoms with Crippen LogP contribution in [0.15, 0.2) is 24.3 Å². The first-order valence-electron chi connectivity index (χ1n) is 8.06. The van der Waals surface area contributed by atoms with Crippen LogP contribution in [0, 0.1) is 12.8 Å². The molecule has 0 aliphatic carbocycles. The van der Waals surface area contributed by atoms with Crippen LogP contribution in [-0.4, -0.2) is 41.2 Å². The molecule has 130 valence electrons. The van der Waals surface area contributed by atoms with Gasteiger partial charge in [0.05, 0.1) is 12.5 Å². The lowest BCUT2D eigenvalue weighted by molar-refractivity contribution is -0.143. The summed E-state index contributed by atoms with van der Waals surface area (Å²) in [5.74, 6) is -1.30. The second kappa shape index (κ2) is 6.63. The van der Waals surface area contributed by atoms with E-state index in [1.165, 1.54) is 4.90 Å². The van der Waals surface area contributed by atoms with Crippen LogP contribution in [0.5, 0.6) is 0 Å². The van der Waals surface area contributed by atoms with Gasteiger partial charge in [-0.25, -0.2) is 0 Å². The molecule has 1 aliphatic heterocycles. The van der Waals surface area contributed by atoms with Crippen molar-refractivity contribution in [2.24, 2.45) is 11.7 Å². The molecule has 0 bridgehead atoms. The third-order valence-electron chi connectivity index (χ3n) is 4.21. The van der Waals surface area contributed by atoms with Crippen molar-refractivity contribution in [1.29, 1.82) is 0 Å². The number of primary amides is 1. The maximum atomic E-state index is 12.8. The fraction of sp³-hybridized carbons (Fsp3) is 0.500. The van der Waals surface area contributed by atoms with Crippen LogP contribution in [0.3, 0.4) is 0 Å². The van der Waals surface area contributed by atoms with E-state index in [-0.39, 0.29) is 24.8 Å². The van der Waals surface area contributed by atoms with Gasteiger partial charge in [-0.3, -0.25) is 14.4 Å². The van der Waals surface area contributed by atoms with Gasteiger partial charge in [0.1, 0.15) is 0 Å². The Morgan fingerprint density at radius 3 is 2.33 bits per heavy atom. The number of benzene rings is 1. The molecule has 1 fully saturated rings. The number of hydrogen-bond acceptors (Lipinski definition) is 3. The minimum absolute atomic E-state index is 0.0786. The fourth-order valence-electron chi connectivity index (χ4n) is 2.87. The quantitative estimate of drug-likeness (QED) is 0.906. The summed E-state index contributed by atoms with van der Waals surface area (Å²) in [6, 6.07) is 7.63. The molecule has 0 saturated carbocycles. The Bertz CT molecular complexity index is 646. The molecular formula is C18H25N3O3. The molecule has 0 radical (unpaired) electrons.